The second-order valence-electron chi connectivity index (χ2n) is 5.35. The summed E-state index contributed by atoms with van der Waals surface area (Å²) < 4.78 is 0.588. The fourth-order valence-electron chi connectivity index (χ4n) is 2.13. The Hall–Kier alpha value is -3.38. The van der Waals surface area contributed by atoms with Crippen LogP contribution in [0.3, 0.4) is 0 Å². The second-order valence-corrected chi connectivity index (χ2v) is 7.55. The minimum atomic E-state index is -0.544. The van der Waals surface area contributed by atoms with E-state index in [1.807, 2.05) is 0 Å². The molecule has 1 amide bonds. The Balaban J connectivity index is 1.59. The number of hydrogen-bond donors (Lipinski definition) is 1. The molecule has 0 aliphatic rings. The lowest BCUT2D eigenvalue weighted by Crippen LogP contribution is -2.11. The number of carbonyl (C=O) groups excluding carboxylic acids is 1. The number of nitro groups is 2. The normalized spacial score (nSPS) is 10.4. The molecule has 0 atom stereocenters. The lowest BCUT2D eigenvalue weighted by Gasteiger charge is -2.00. The first-order valence-corrected chi connectivity index (χ1v) is 9.48. The molecule has 142 valence electrons. The van der Waals surface area contributed by atoms with Crippen LogP contribution in [0.2, 0.25) is 0 Å². The molecule has 10 nitrogen and oxygen atoms in total. The summed E-state index contributed by atoms with van der Waals surface area (Å²) in [4.78, 5) is 32.6. The van der Waals surface area contributed by atoms with Crippen molar-refractivity contribution in [1.29, 1.82) is 0 Å². The summed E-state index contributed by atoms with van der Waals surface area (Å²) in [6, 6.07) is 11.5. The molecule has 3 aromatic rings. The number of aromatic nitrogens is 2. The Morgan fingerprint density at radius 2 is 1.75 bits per heavy atom. The number of anilines is 1. The van der Waals surface area contributed by atoms with E-state index < -0.39 is 15.8 Å². The van der Waals surface area contributed by atoms with E-state index in [-0.39, 0.29) is 22.1 Å². The Labute approximate surface area is 165 Å². The maximum atomic E-state index is 12.2. The van der Waals surface area contributed by atoms with Gasteiger partial charge in [-0.25, -0.2) is 0 Å². The standard InChI is InChI=1S/C16H11N5O5S2/c22-14(11-4-6-12(7-5-11)20(23)24)17-15-18-19-16(28-15)27-9-10-2-1-3-13(8-10)21(25)26/h1-8H,9H2,(H,17,18,22). The van der Waals surface area contributed by atoms with E-state index >= 15 is 0 Å². The van der Waals surface area contributed by atoms with Crippen LogP contribution in [0.1, 0.15) is 15.9 Å². The molecule has 0 unspecified atom stereocenters. The Morgan fingerprint density at radius 3 is 2.43 bits per heavy atom. The van der Waals surface area contributed by atoms with Crippen molar-refractivity contribution in [2.75, 3.05) is 5.32 Å². The lowest BCUT2D eigenvalue weighted by molar-refractivity contribution is -0.385. The minimum Gasteiger partial charge on any atom is -0.296 e. The number of non-ortho nitro benzene ring substituents is 2. The number of carbonyl (C=O) groups is 1. The van der Waals surface area contributed by atoms with Gasteiger partial charge in [0.25, 0.3) is 17.3 Å². The van der Waals surface area contributed by atoms with Crippen molar-refractivity contribution in [2.45, 2.75) is 10.1 Å². The third kappa shape index (κ3) is 4.86. The molecule has 1 N–H and O–H groups in total. The van der Waals surface area contributed by atoms with Gasteiger partial charge in [0.05, 0.1) is 9.85 Å². The van der Waals surface area contributed by atoms with E-state index in [1.165, 1.54) is 48.2 Å². The molecule has 0 saturated carbocycles. The molecule has 3 rings (SSSR count). The monoisotopic (exact) mass is 417 g/mol. The van der Waals surface area contributed by atoms with Crippen LogP contribution in [0.4, 0.5) is 16.5 Å². The first-order chi connectivity index (χ1) is 13.4. The van der Waals surface area contributed by atoms with E-state index in [2.05, 4.69) is 15.5 Å². The fraction of sp³-hybridized carbons (Fsp3) is 0.0625. The summed E-state index contributed by atoms with van der Waals surface area (Å²) >= 11 is 2.50. The summed E-state index contributed by atoms with van der Waals surface area (Å²) in [6.07, 6.45) is 0. The molecule has 0 bridgehead atoms. The fourth-order valence-corrected chi connectivity index (χ4v) is 3.82. The summed E-state index contributed by atoms with van der Waals surface area (Å²) in [6.45, 7) is 0. The second kappa shape index (κ2) is 8.54. The molecule has 12 heteroatoms. The summed E-state index contributed by atoms with van der Waals surface area (Å²) in [5, 5.41) is 32.2. The quantitative estimate of drug-likeness (QED) is 0.264. The van der Waals surface area contributed by atoms with Gasteiger partial charge in [-0.15, -0.1) is 10.2 Å². The van der Waals surface area contributed by atoms with Crippen LogP contribution in [-0.2, 0) is 5.75 Å². The van der Waals surface area contributed by atoms with Gasteiger partial charge in [-0.1, -0.05) is 35.2 Å². The highest BCUT2D eigenvalue weighted by Gasteiger charge is 2.13. The number of nitrogens with zero attached hydrogens (tertiary/aromatic N) is 4. The molecule has 1 aromatic heterocycles. The van der Waals surface area contributed by atoms with E-state index in [0.29, 0.717) is 10.1 Å². The van der Waals surface area contributed by atoms with Gasteiger partial charge in [0.1, 0.15) is 0 Å². The van der Waals surface area contributed by atoms with Crippen molar-refractivity contribution in [3.63, 3.8) is 0 Å². The lowest BCUT2D eigenvalue weighted by atomic mass is 10.2. The molecule has 0 aliphatic carbocycles. The number of hydrogen-bond acceptors (Lipinski definition) is 9. The zero-order valence-electron chi connectivity index (χ0n) is 14.0. The average Bonchev–Trinajstić information content (AvgIpc) is 3.14. The number of nitro benzene ring substituents is 2. The molecule has 1 heterocycles. The topological polar surface area (TPSA) is 141 Å². The van der Waals surface area contributed by atoms with Gasteiger partial charge >= 0.3 is 0 Å². The number of thioether (sulfide) groups is 1. The predicted octanol–water partition coefficient (Wildman–Crippen LogP) is 3.90. The number of nitrogens with one attached hydrogen (secondary N) is 1. The van der Waals surface area contributed by atoms with Crippen LogP contribution < -0.4 is 5.32 Å². The molecule has 0 fully saturated rings. The van der Waals surface area contributed by atoms with E-state index in [1.54, 1.807) is 12.1 Å². The van der Waals surface area contributed by atoms with E-state index in [9.17, 15) is 25.0 Å². The number of rotatable bonds is 7. The summed E-state index contributed by atoms with van der Waals surface area (Å²) in [7, 11) is 0. The number of benzene rings is 2. The van der Waals surface area contributed by atoms with Gasteiger partial charge in [-0.3, -0.25) is 30.3 Å². The van der Waals surface area contributed by atoms with E-state index in [0.717, 1.165) is 16.9 Å². The maximum Gasteiger partial charge on any atom is 0.269 e. The molecule has 0 aliphatic heterocycles. The van der Waals surface area contributed by atoms with Crippen LogP contribution in [0.5, 0.6) is 0 Å². The molecular formula is C16H11N5O5S2. The van der Waals surface area contributed by atoms with Crippen molar-refractivity contribution < 1.29 is 14.6 Å². The largest absolute Gasteiger partial charge is 0.296 e. The highest BCUT2D eigenvalue weighted by Crippen LogP contribution is 2.29. The molecule has 0 saturated heterocycles. The molecule has 0 spiro atoms. The van der Waals surface area contributed by atoms with Gasteiger partial charge in [0.2, 0.25) is 5.13 Å². The van der Waals surface area contributed by atoms with Crippen LogP contribution in [0, 0.1) is 20.2 Å². The van der Waals surface area contributed by atoms with E-state index in [4.69, 9.17) is 0 Å². The van der Waals surface area contributed by atoms with Crippen LogP contribution in [0.25, 0.3) is 0 Å². The van der Waals surface area contributed by atoms with Gasteiger partial charge < -0.3 is 0 Å². The number of amides is 1. The Kier molecular flexibility index (Phi) is 5.91. The molecule has 28 heavy (non-hydrogen) atoms. The van der Waals surface area contributed by atoms with Crippen molar-refractivity contribution >= 4 is 45.5 Å². The van der Waals surface area contributed by atoms with Gasteiger partial charge in [0.15, 0.2) is 4.34 Å². The SMILES string of the molecule is O=C(Nc1nnc(SCc2cccc([N+](=O)[O-])c2)s1)c1ccc([N+](=O)[O-])cc1. The van der Waals surface area contributed by atoms with Crippen LogP contribution in [0.15, 0.2) is 52.9 Å². The molecular weight excluding hydrogens is 406 g/mol. The van der Waals surface area contributed by atoms with Crippen LogP contribution >= 0.6 is 23.1 Å². The van der Waals surface area contributed by atoms with Gasteiger partial charge in [0, 0.05) is 35.6 Å². The van der Waals surface area contributed by atoms with Crippen molar-refractivity contribution in [3.8, 4) is 0 Å². The molecule has 2 aromatic carbocycles. The summed E-state index contributed by atoms with van der Waals surface area (Å²) in [5.74, 6) is 0.00775. The van der Waals surface area contributed by atoms with Gasteiger partial charge in [-0.2, -0.15) is 0 Å². The smallest absolute Gasteiger partial charge is 0.269 e. The zero-order valence-corrected chi connectivity index (χ0v) is 15.6. The van der Waals surface area contributed by atoms with Crippen LogP contribution in [-0.4, -0.2) is 26.0 Å². The maximum absolute atomic E-state index is 12.2. The first-order valence-electron chi connectivity index (χ1n) is 7.68. The zero-order chi connectivity index (χ0) is 20.1. The average molecular weight is 417 g/mol. The van der Waals surface area contributed by atoms with Crippen molar-refractivity contribution in [1.82, 2.24) is 10.2 Å². The Bertz CT molecular complexity index is 1040. The third-order valence-electron chi connectivity index (χ3n) is 3.45. The minimum absolute atomic E-state index is 0.0198. The molecule has 0 radical (unpaired) electrons. The Morgan fingerprint density at radius 1 is 1.04 bits per heavy atom. The predicted molar refractivity (Wildman–Crippen MR) is 104 cm³/mol. The summed E-state index contributed by atoms with van der Waals surface area (Å²) in [5.41, 5.74) is 0.941. The van der Waals surface area contributed by atoms with Crippen molar-refractivity contribution in [2.24, 2.45) is 0 Å². The van der Waals surface area contributed by atoms with Gasteiger partial charge in [-0.05, 0) is 17.7 Å². The highest BCUT2D eigenvalue weighted by molar-refractivity contribution is 8.00. The van der Waals surface area contributed by atoms with Crippen molar-refractivity contribution in [3.05, 3.63) is 79.9 Å². The third-order valence-corrected chi connectivity index (χ3v) is 5.49. The highest BCUT2D eigenvalue weighted by atomic mass is 32.2. The first kappa shape index (κ1) is 19.4.